The number of ether oxygens (including phenoxy) is 1. The molecule has 7 nitrogen and oxygen atoms in total. The molecule has 168 valence electrons. The minimum Gasteiger partial charge on any atom is -0.490 e. The van der Waals surface area contributed by atoms with Crippen LogP contribution in [-0.4, -0.2) is 70.1 Å². The normalized spacial score (nSPS) is 20.6. The third kappa shape index (κ3) is 7.12. The molecule has 30 heavy (non-hydrogen) atoms. The third-order valence-electron chi connectivity index (χ3n) is 5.45. The Kier molecular flexibility index (Phi) is 7.93. The molecule has 0 spiro atoms. The highest BCUT2D eigenvalue weighted by atomic mass is 32.2. The molecule has 2 N–H and O–H groups in total. The van der Waals surface area contributed by atoms with Crippen LogP contribution in [0.3, 0.4) is 0 Å². The Labute approximate surface area is 179 Å². The zero-order valence-electron chi connectivity index (χ0n) is 17.9. The summed E-state index contributed by atoms with van der Waals surface area (Å²) in [6.07, 6.45) is 2.34. The molecular formula is C21H33FN4O3S. The molecule has 2 fully saturated rings. The van der Waals surface area contributed by atoms with Crippen LogP contribution >= 0.6 is 0 Å². The molecular weight excluding hydrogens is 407 g/mol. The van der Waals surface area contributed by atoms with Crippen molar-refractivity contribution in [3.8, 4) is 5.75 Å². The van der Waals surface area contributed by atoms with Gasteiger partial charge >= 0.3 is 0 Å². The van der Waals surface area contributed by atoms with Gasteiger partial charge in [0.2, 0.25) is 0 Å². The first-order valence-electron chi connectivity index (χ1n) is 10.8. The molecule has 1 atom stereocenters. The third-order valence-corrected chi connectivity index (χ3v) is 7.06. The molecule has 0 aromatic heterocycles. The lowest BCUT2D eigenvalue weighted by Crippen LogP contribution is -2.42. The van der Waals surface area contributed by atoms with Crippen molar-refractivity contribution in [2.75, 3.05) is 50.8 Å². The molecule has 1 aromatic carbocycles. The number of rotatable bonds is 9. The first kappa shape index (κ1) is 22.8. The molecule has 1 saturated heterocycles. The number of guanidine groups is 1. The Morgan fingerprint density at radius 1 is 1.33 bits per heavy atom. The van der Waals surface area contributed by atoms with Gasteiger partial charge in [-0.15, -0.1) is 0 Å². The maximum atomic E-state index is 14.4. The van der Waals surface area contributed by atoms with E-state index in [2.05, 4.69) is 20.5 Å². The summed E-state index contributed by atoms with van der Waals surface area (Å²) in [5.41, 5.74) is 0.818. The lowest BCUT2D eigenvalue weighted by molar-refractivity contribution is 0.285. The Morgan fingerprint density at radius 3 is 2.70 bits per heavy atom. The van der Waals surface area contributed by atoms with Gasteiger partial charge in [0.25, 0.3) is 0 Å². The number of hydrogen-bond acceptors (Lipinski definition) is 5. The zero-order chi connectivity index (χ0) is 21.6. The van der Waals surface area contributed by atoms with Crippen molar-refractivity contribution in [1.29, 1.82) is 0 Å². The van der Waals surface area contributed by atoms with Gasteiger partial charge in [0.05, 0.1) is 30.7 Å². The van der Waals surface area contributed by atoms with Crippen LogP contribution in [0.25, 0.3) is 0 Å². The van der Waals surface area contributed by atoms with Gasteiger partial charge in [0, 0.05) is 26.2 Å². The van der Waals surface area contributed by atoms with E-state index in [0.717, 1.165) is 5.56 Å². The maximum Gasteiger partial charge on any atom is 0.191 e. The van der Waals surface area contributed by atoms with Crippen molar-refractivity contribution in [3.05, 3.63) is 29.6 Å². The SMILES string of the molecule is CCNC(=NCCN1CCS(=O)(=O)CC1)NC(C)c1ccc(OCC2CC2)c(F)c1. The fourth-order valence-electron chi connectivity index (χ4n) is 3.28. The van der Waals surface area contributed by atoms with Crippen molar-refractivity contribution in [2.24, 2.45) is 10.9 Å². The van der Waals surface area contributed by atoms with E-state index >= 15 is 0 Å². The molecule has 1 heterocycles. The summed E-state index contributed by atoms with van der Waals surface area (Å²) in [5.74, 6) is 1.64. The second-order valence-electron chi connectivity index (χ2n) is 8.06. The maximum absolute atomic E-state index is 14.4. The van der Waals surface area contributed by atoms with Crippen molar-refractivity contribution < 1.29 is 17.5 Å². The largest absolute Gasteiger partial charge is 0.490 e. The summed E-state index contributed by atoms with van der Waals surface area (Å²) in [7, 11) is -2.87. The predicted octanol–water partition coefficient (Wildman–Crippen LogP) is 1.96. The highest BCUT2D eigenvalue weighted by Crippen LogP contribution is 2.30. The lowest BCUT2D eigenvalue weighted by Gasteiger charge is -2.26. The molecule has 1 aliphatic carbocycles. The summed E-state index contributed by atoms with van der Waals surface area (Å²) < 4.78 is 43.0. The molecule has 1 saturated carbocycles. The Hall–Kier alpha value is -1.87. The topological polar surface area (TPSA) is 83.0 Å². The highest BCUT2D eigenvalue weighted by molar-refractivity contribution is 7.91. The molecule has 1 unspecified atom stereocenters. The lowest BCUT2D eigenvalue weighted by atomic mass is 10.1. The van der Waals surface area contributed by atoms with E-state index in [0.29, 0.717) is 57.0 Å². The van der Waals surface area contributed by atoms with Crippen LogP contribution in [0.4, 0.5) is 4.39 Å². The fourth-order valence-corrected chi connectivity index (χ4v) is 4.56. The monoisotopic (exact) mass is 440 g/mol. The van der Waals surface area contributed by atoms with Crippen LogP contribution < -0.4 is 15.4 Å². The van der Waals surface area contributed by atoms with E-state index in [1.807, 2.05) is 19.9 Å². The van der Waals surface area contributed by atoms with E-state index in [4.69, 9.17) is 4.74 Å². The molecule has 0 bridgehead atoms. The fraction of sp³-hybridized carbons (Fsp3) is 0.667. The van der Waals surface area contributed by atoms with Crippen molar-refractivity contribution in [3.63, 3.8) is 0 Å². The number of nitrogens with zero attached hydrogens (tertiary/aromatic N) is 2. The van der Waals surface area contributed by atoms with E-state index < -0.39 is 9.84 Å². The predicted molar refractivity (Wildman–Crippen MR) is 117 cm³/mol. The number of halogens is 1. The molecule has 1 aromatic rings. The van der Waals surface area contributed by atoms with Gasteiger partial charge in [0.1, 0.15) is 0 Å². The van der Waals surface area contributed by atoms with Gasteiger partial charge < -0.3 is 15.4 Å². The minimum absolute atomic E-state index is 0.130. The molecule has 0 radical (unpaired) electrons. The summed E-state index contributed by atoms with van der Waals surface area (Å²) in [6.45, 7) is 7.64. The summed E-state index contributed by atoms with van der Waals surface area (Å²) in [5, 5.41) is 6.51. The summed E-state index contributed by atoms with van der Waals surface area (Å²) >= 11 is 0. The highest BCUT2D eigenvalue weighted by Gasteiger charge is 2.23. The first-order valence-corrected chi connectivity index (χ1v) is 12.6. The van der Waals surface area contributed by atoms with E-state index in [1.54, 1.807) is 6.07 Å². The Morgan fingerprint density at radius 2 is 2.07 bits per heavy atom. The average molecular weight is 441 g/mol. The second kappa shape index (κ2) is 10.4. The Balaban J connectivity index is 1.51. The molecule has 2 aliphatic rings. The number of aliphatic imine (C=N–C) groups is 1. The number of nitrogens with one attached hydrogen (secondary N) is 2. The van der Waals surface area contributed by atoms with Gasteiger partial charge in [-0.05, 0) is 50.3 Å². The van der Waals surface area contributed by atoms with Crippen molar-refractivity contribution in [1.82, 2.24) is 15.5 Å². The van der Waals surface area contributed by atoms with Gasteiger partial charge in [-0.1, -0.05) is 6.07 Å². The molecule has 9 heteroatoms. The van der Waals surface area contributed by atoms with Crippen LogP contribution in [-0.2, 0) is 9.84 Å². The minimum atomic E-state index is -2.87. The smallest absolute Gasteiger partial charge is 0.191 e. The van der Waals surface area contributed by atoms with Gasteiger partial charge in [-0.25, -0.2) is 12.8 Å². The zero-order valence-corrected chi connectivity index (χ0v) is 18.7. The number of hydrogen-bond donors (Lipinski definition) is 2. The van der Waals surface area contributed by atoms with Gasteiger partial charge in [0.15, 0.2) is 27.4 Å². The van der Waals surface area contributed by atoms with Crippen LogP contribution in [0.15, 0.2) is 23.2 Å². The van der Waals surface area contributed by atoms with Crippen LogP contribution in [0.5, 0.6) is 5.75 Å². The summed E-state index contributed by atoms with van der Waals surface area (Å²) in [4.78, 5) is 6.71. The van der Waals surface area contributed by atoms with Crippen molar-refractivity contribution >= 4 is 15.8 Å². The first-order chi connectivity index (χ1) is 14.4. The van der Waals surface area contributed by atoms with Crippen LogP contribution in [0, 0.1) is 11.7 Å². The molecule has 3 rings (SSSR count). The van der Waals surface area contributed by atoms with Crippen LogP contribution in [0.1, 0.15) is 38.3 Å². The molecule has 0 amide bonds. The van der Waals surface area contributed by atoms with E-state index in [1.165, 1.54) is 18.9 Å². The quantitative estimate of drug-likeness (QED) is 0.451. The van der Waals surface area contributed by atoms with Gasteiger partial charge in [-0.2, -0.15) is 0 Å². The van der Waals surface area contributed by atoms with Gasteiger partial charge in [-0.3, -0.25) is 9.89 Å². The standard InChI is InChI=1S/C21H33FN4O3S/c1-3-23-21(24-8-9-26-10-12-30(27,28)13-11-26)25-16(2)18-6-7-20(19(22)14-18)29-15-17-4-5-17/h6-7,14,16-17H,3-5,8-13,15H2,1-2H3,(H2,23,24,25). The number of sulfone groups is 1. The van der Waals surface area contributed by atoms with E-state index in [9.17, 15) is 12.8 Å². The second-order valence-corrected chi connectivity index (χ2v) is 10.4. The molecule has 1 aliphatic heterocycles. The summed E-state index contributed by atoms with van der Waals surface area (Å²) in [6, 6.07) is 4.95. The average Bonchev–Trinajstić information content (AvgIpc) is 3.53. The number of benzene rings is 1. The van der Waals surface area contributed by atoms with Crippen molar-refractivity contribution in [2.45, 2.75) is 32.7 Å². The Bertz CT molecular complexity index is 829. The van der Waals surface area contributed by atoms with Crippen LogP contribution in [0.2, 0.25) is 0 Å². The van der Waals surface area contributed by atoms with E-state index in [-0.39, 0.29) is 23.4 Å².